The van der Waals surface area contributed by atoms with Crippen LogP contribution < -0.4 is 10.6 Å². The molecule has 0 saturated carbocycles. The number of aryl methyl sites for hydroxylation is 1. The second-order valence-corrected chi connectivity index (χ2v) is 5.69. The van der Waals surface area contributed by atoms with E-state index in [0.717, 1.165) is 17.8 Å². The summed E-state index contributed by atoms with van der Waals surface area (Å²) in [5.41, 5.74) is 0.143. The number of hydrogen-bond donors (Lipinski definition) is 3. The van der Waals surface area contributed by atoms with Gasteiger partial charge in [0.25, 0.3) is 0 Å². The number of aliphatic hydroxyl groups excluding tert-OH is 1. The van der Waals surface area contributed by atoms with Crippen molar-refractivity contribution >= 4 is 22.5 Å². The number of anilines is 1. The van der Waals surface area contributed by atoms with Crippen LogP contribution in [0.25, 0.3) is 0 Å². The fraction of sp³-hybridized carbons (Fsp3) is 0.357. The molecule has 0 radical (unpaired) electrons. The molecule has 6 nitrogen and oxygen atoms in total. The van der Waals surface area contributed by atoms with E-state index in [9.17, 15) is 14.3 Å². The molecule has 1 heterocycles. The second kappa shape index (κ2) is 7.81. The number of carbonyl (C=O) groups is 1. The molecule has 0 aliphatic rings. The van der Waals surface area contributed by atoms with Crippen molar-refractivity contribution in [3.05, 3.63) is 40.7 Å². The summed E-state index contributed by atoms with van der Waals surface area (Å²) in [5.74, 6) is -0.509. The second-order valence-electron chi connectivity index (χ2n) is 4.62. The number of nitrogens with zero attached hydrogens (tertiary/aromatic N) is 2. The van der Waals surface area contributed by atoms with Gasteiger partial charge in [-0.05, 0) is 12.5 Å². The summed E-state index contributed by atoms with van der Waals surface area (Å²) < 4.78 is 13.5. The standard InChI is InChI=1S/C14H17FN4O2S/c1-2-5-12-18-19-14(22-12)17-13(21)16-8-11(20)9-6-3-4-7-10(9)15/h3-4,6-7,11,20H,2,5,8H2,1H3,(H2,16,17,19,21). The molecule has 118 valence electrons. The van der Waals surface area contributed by atoms with E-state index in [1.165, 1.54) is 29.5 Å². The van der Waals surface area contributed by atoms with Gasteiger partial charge >= 0.3 is 6.03 Å². The van der Waals surface area contributed by atoms with E-state index in [1.54, 1.807) is 6.07 Å². The predicted molar refractivity (Wildman–Crippen MR) is 82.3 cm³/mol. The van der Waals surface area contributed by atoms with Crippen molar-refractivity contribution in [2.45, 2.75) is 25.9 Å². The molecule has 2 rings (SSSR count). The number of halogens is 1. The van der Waals surface area contributed by atoms with Crippen LogP contribution in [0.4, 0.5) is 14.3 Å². The number of aromatic nitrogens is 2. The van der Waals surface area contributed by atoms with Crippen LogP contribution in [0, 0.1) is 5.82 Å². The lowest BCUT2D eigenvalue weighted by Crippen LogP contribution is -2.32. The maximum absolute atomic E-state index is 13.5. The maximum Gasteiger partial charge on any atom is 0.321 e. The van der Waals surface area contributed by atoms with Gasteiger partial charge in [0.2, 0.25) is 5.13 Å². The molecule has 3 N–H and O–H groups in total. The summed E-state index contributed by atoms with van der Waals surface area (Å²) in [6.07, 6.45) is 0.653. The van der Waals surface area contributed by atoms with E-state index in [2.05, 4.69) is 20.8 Å². The average molecular weight is 324 g/mol. The number of benzene rings is 1. The molecule has 1 aromatic heterocycles. The van der Waals surface area contributed by atoms with Crippen molar-refractivity contribution in [3.63, 3.8) is 0 Å². The highest BCUT2D eigenvalue weighted by Gasteiger charge is 2.14. The van der Waals surface area contributed by atoms with Gasteiger partial charge in [-0.25, -0.2) is 9.18 Å². The van der Waals surface area contributed by atoms with E-state index in [-0.39, 0.29) is 12.1 Å². The smallest absolute Gasteiger partial charge is 0.321 e. The van der Waals surface area contributed by atoms with E-state index in [4.69, 9.17) is 0 Å². The Morgan fingerprint density at radius 1 is 1.41 bits per heavy atom. The fourth-order valence-corrected chi connectivity index (χ4v) is 2.64. The highest BCUT2D eigenvalue weighted by atomic mass is 32.1. The Labute approximate surface area is 131 Å². The first-order chi connectivity index (χ1) is 10.6. The highest BCUT2D eigenvalue weighted by Crippen LogP contribution is 2.17. The van der Waals surface area contributed by atoms with Gasteiger partial charge in [0.15, 0.2) is 0 Å². The molecule has 22 heavy (non-hydrogen) atoms. The summed E-state index contributed by atoms with van der Waals surface area (Å²) in [6, 6.07) is 5.37. The number of amides is 2. The number of carbonyl (C=O) groups excluding carboxylic acids is 1. The summed E-state index contributed by atoms with van der Waals surface area (Å²) in [5, 5.41) is 23.9. The van der Waals surface area contributed by atoms with Gasteiger partial charge in [-0.2, -0.15) is 0 Å². The van der Waals surface area contributed by atoms with Crippen LogP contribution in [0.5, 0.6) is 0 Å². The Balaban J connectivity index is 1.83. The topological polar surface area (TPSA) is 87.1 Å². The molecule has 0 spiro atoms. The lowest BCUT2D eigenvalue weighted by Gasteiger charge is -2.12. The minimum atomic E-state index is -1.11. The Kier molecular flexibility index (Phi) is 5.79. The minimum absolute atomic E-state index is 0.104. The molecule has 2 amide bonds. The number of nitrogens with one attached hydrogen (secondary N) is 2. The van der Waals surface area contributed by atoms with Crippen LogP contribution in [0.3, 0.4) is 0 Å². The summed E-state index contributed by atoms with van der Waals surface area (Å²) >= 11 is 1.30. The summed E-state index contributed by atoms with van der Waals surface area (Å²) in [6.45, 7) is 1.93. The van der Waals surface area contributed by atoms with Gasteiger partial charge in [-0.15, -0.1) is 10.2 Å². The molecular formula is C14H17FN4O2S. The number of urea groups is 1. The SMILES string of the molecule is CCCc1nnc(NC(=O)NCC(O)c2ccccc2F)s1. The number of aliphatic hydroxyl groups is 1. The van der Waals surface area contributed by atoms with E-state index in [1.807, 2.05) is 6.92 Å². The highest BCUT2D eigenvalue weighted by molar-refractivity contribution is 7.15. The van der Waals surface area contributed by atoms with Crippen molar-refractivity contribution in [3.8, 4) is 0 Å². The van der Waals surface area contributed by atoms with Gasteiger partial charge in [-0.1, -0.05) is 36.5 Å². The Morgan fingerprint density at radius 2 is 2.18 bits per heavy atom. The Morgan fingerprint density at radius 3 is 2.91 bits per heavy atom. The third-order valence-corrected chi connectivity index (χ3v) is 3.77. The zero-order chi connectivity index (χ0) is 15.9. The fourth-order valence-electron chi connectivity index (χ4n) is 1.80. The first-order valence-electron chi connectivity index (χ1n) is 6.90. The van der Waals surface area contributed by atoms with Crippen LogP contribution in [-0.4, -0.2) is 27.9 Å². The van der Waals surface area contributed by atoms with Gasteiger partial charge < -0.3 is 10.4 Å². The molecular weight excluding hydrogens is 307 g/mol. The van der Waals surface area contributed by atoms with Crippen LogP contribution in [0.1, 0.15) is 30.0 Å². The molecule has 0 saturated heterocycles. The number of hydrogen-bond acceptors (Lipinski definition) is 5. The van der Waals surface area contributed by atoms with Crippen LogP contribution in [0.2, 0.25) is 0 Å². The first-order valence-corrected chi connectivity index (χ1v) is 7.71. The van der Waals surface area contributed by atoms with Crippen molar-refractivity contribution in [2.24, 2.45) is 0 Å². The zero-order valence-corrected chi connectivity index (χ0v) is 12.9. The average Bonchev–Trinajstić information content (AvgIpc) is 2.93. The van der Waals surface area contributed by atoms with Gasteiger partial charge in [0.1, 0.15) is 10.8 Å². The number of rotatable bonds is 6. The minimum Gasteiger partial charge on any atom is -0.386 e. The van der Waals surface area contributed by atoms with Crippen molar-refractivity contribution in [1.82, 2.24) is 15.5 Å². The van der Waals surface area contributed by atoms with Crippen LogP contribution in [-0.2, 0) is 6.42 Å². The molecule has 0 aliphatic heterocycles. The molecule has 2 aromatic rings. The van der Waals surface area contributed by atoms with Gasteiger partial charge in [0, 0.05) is 18.5 Å². The Hall–Kier alpha value is -2.06. The lowest BCUT2D eigenvalue weighted by atomic mass is 10.1. The summed E-state index contributed by atoms with van der Waals surface area (Å²) in [7, 11) is 0. The quantitative estimate of drug-likeness (QED) is 0.762. The normalized spacial score (nSPS) is 12.0. The molecule has 1 atom stereocenters. The van der Waals surface area contributed by atoms with E-state index < -0.39 is 18.0 Å². The third kappa shape index (κ3) is 4.47. The van der Waals surface area contributed by atoms with Crippen molar-refractivity contribution in [1.29, 1.82) is 0 Å². The largest absolute Gasteiger partial charge is 0.386 e. The molecule has 1 aromatic carbocycles. The monoisotopic (exact) mass is 324 g/mol. The maximum atomic E-state index is 13.5. The Bertz CT molecular complexity index is 635. The van der Waals surface area contributed by atoms with E-state index >= 15 is 0 Å². The van der Waals surface area contributed by atoms with Gasteiger partial charge in [0.05, 0.1) is 6.10 Å². The zero-order valence-electron chi connectivity index (χ0n) is 12.0. The van der Waals surface area contributed by atoms with E-state index in [0.29, 0.717) is 5.13 Å². The predicted octanol–water partition coefficient (Wildman–Crippen LogP) is 2.48. The summed E-state index contributed by atoms with van der Waals surface area (Å²) in [4.78, 5) is 11.7. The van der Waals surface area contributed by atoms with Gasteiger partial charge in [-0.3, -0.25) is 5.32 Å². The molecule has 1 unspecified atom stereocenters. The van der Waals surface area contributed by atoms with Crippen molar-refractivity contribution in [2.75, 3.05) is 11.9 Å². The van der Waals surface area contributed by atoms with Crippen LogP contribution >= 0.6 is 11.3 Å². The first kappa shape index (κ1) is 16.3. The molecule has 0 aliphatic carbocycles. The lowest BCUT2D eigenvalue weighted by molar-refractivity contribution is 0.170. The molecule has 8 heteroatoms. The van der Waals surface area contributed by atoms with Crippen LogP contribution in [0.15, 0.2) is 24.3 Å². The molecule has 0 fully saturated rings. The van der Waals surface area contributed by atoms with Crippen molar-refractivity contribution < 1.29 is 14.3 Å². The molecule has 0 bridgehead atoms. The third-order valence-electron chi connectivity index (χ3n) is 2.87.